The van der Waals surface area contributed by atoms with Gasteiger partial charge < -0.3 is 5.32 Å². The van der Waals surface area contributed by atoms with Gasteiger partial charge in [-0.3, -0.25) is 4.79 Å². The van der Waals surface area contributed by atoms with Crippen molar-refractivity contribution in [1.29, 1.82) is 5.26 Å². The van der Waals surface area contributed by atoms with E-state index in [2.05, 4.69) is 35.5 Å². The molecule has 2 aromatic heterocycles. The molecule has 148 valence electrons. The Balaban J connectivity index is 1.82. The predicted octanol–water partition coefficient (Wildman–Crippen LogP) is 4.78. The predicted molar refractivity (Wildman–Crippen MR) is 117 cm³/mol. The van der Waals surface area contributed by atoms with E-state index in [1.54, 1.807) is 12.1 Å². The van der Waals surface area contributed by atoms with Gasteiger partial charge in [0.25, 0.3) is 5.91 Å². The van der Waals surface area contributed by atoms with Gasteiger partial charge in [0, 0.05) is 10.9 Å². The molecule has 2 aromatic carbocycles. The van der Waals surface area contributed by atoms with Crippen LogP contribution in [0.3, 0.4) is 0 Å². The summed E-state index contributed by atoms with van der Waals surface area (Å²) in [5.41, 5.74) is 5.93. The normalized spacial score (nSPS) is 10.8. The molecule has 0 unspecified atom stereocenters. The Morgan fingerprint density at radius 3 is 2.57 bits per heavy atom. The monoisotopic (exact) mass is 395 g/mol. The van der Waals surface area contributed by atoms with E-state index in [1.165, 1.54) is 16.4 Å². The Bertz CT molecular complexity index is 1340. The number of rotatable bonds is 3. The lowest BCUT2D eigenvalue weighted by Gasteiger charge is -2.13. The van der Waals surface area contributed by atoms with Crippen LogP contribution in [-0.4, -0.2) is 20.7 Å². The second kappa shape index (κ2) is 7.45. The molecular formula is C24H21N5O. The van der Waals surface area contributed by atoms with Crippen molar-refractivity contribution in [2.24, 2.45) is 0 Å². The van der Waals surface area contributed by atoms with Crippen molar-refractivity contribution in [3.8, 4) is 11.9 Å². The topological polar surface area (TPSA) is 83.6 Å². The zero-order chi connectivity index (χ0) is 21.4. The minimum Gasteiger partial charge on any atom is -0.305 e. The molecule has 6 nitrogen and oxygen atoms in total. The molecule has 0 atom stereocenters. The quantitative estimate of drug-likeness (QED) is 0.541. The maximum Gasteiger partial charge on any atom is 0.256 e. The number of hydrogen-bond acceptors (Lipinski definition) is 4. The van der Waals surface area contributed by atoms with Gasteiger partial charge in [-0.25, -0.2) is 4.98 Å². The van der Waals surface area contributed by atoms with Gasteiger partial charge in [0.1, 0.15) is 11.6 Å². The Hall–Kier alpha value is -3.98. The SMILES string of the molecule is Cc1cccc(C(=O)Nc2c(C#N)cnn2-c2cc(C)c3cc(C)cc(C)c3n2)c1. The molecule has 6 heteroatoms. The first-order valence-corrected chi connectivity index (χ1v) is 9.62. The molecule has 0 fully saturated rings. The molecule has 2 heterocycles. The number of anilines is 1. The number of amides is 1. The van der Waals surface area contributed by atoms with Crippen LogP contribution >= 0.6 is 0 Å². The van der Waals surface area contributed by atoms with Crippen LogP contribution < -0.4 is 5.32 Å². The Morgan fingerprint density at radius 1 is 1.03 bits per heavy atom. The highest BCUT2D eigenvalue weighted by atomic mass is 16.1. The fourth-order valence-electron chi connectivity index (χ4n) is 3.63. The summed E-state index contributed by atoms with van der Waals surface area (Å²) >= 11 is 0. The van der Waals surface area contributed by atoms with Crippen molar-refractivity contribution in [1.82, 2.24) is 14.8 Å². The summed E-state index contributed by atoms with van der Waals surface area (Å²) in [5, 5.41) is 17.8. The number of nitriles is 1. The van der Waals surface area contributed by atoms with E-state index in [0.717, 1.165) is 27.6 Å². The number of aromatic nitrogens is 3. The fraction of sp³-hybridized carbons (Fsp3) is 0.167. The summed E-state index contributed by atoms with van der Waals surface area (Å²) < 4.78 is 1.51. The number of fused-ring (bicyclic) bond motifs is 1. The molecule has 1 N–H and O–H groups in total. The minimum atomic E-state index is -0.304. The highest BCUT2D eigenvalue weighted by Gasteiger charge is 2.18. The van der Waals surface area contributed by atoms with E-state index < -0.39 is 0 Å². The minimum absolute atomic E-state index is 0.274. The number of carbonyl (C=O) groups is 1. The molecule has 4 aromatic rings. The van der Waals surface area contributed by atoms with E-state index in [1.807, 2.05) is 39.0 Å². The van der Waals surface area contributed by atoms with Crippen LogP contribution in [0.1, 0.15) is 38.2 Å². The van der Waals surface area contributed by atoms with E-state index in [0.29, 0.717) is 17.2 Å². The van der Waals surface area contributed by atoms with Gasteiger partial charge in [-0.15, -0.1) is 0 Å². The molecule has 1 amide bonds. The van der Waals surface area contributed by atoms with Gasteiger partial charge in [-0.1, -0.05) is 29.3 Å². The molecule has 0 aliphatic rings. The number of carbonyl (C=O) groups excluding carboxylic acids is 1. The smallest absolute Gasteiger partial charge is 0.256 e. The molecule has 0 spiro atoms. The third-order valence-electron chi connectivity index (χ3n) is 5.06. The van der Waals surface area contributed by atoms with Crippen molar-refractivity contribution >= 4 is 22.6 Å². The van der Waals surface area contributed by atoms with Crippen LogP contribution in [0.15, 0.2) is 48.7 Å². The summed E-state index contributed by atoms with van der Waals surface area (Å²) in [5.74, 6) is 0.550. The third-order valence-corrected chi connectivity index (χ3v) is 5.06. The number of benzene rings is 2. The highest BCUT2D eigenvalue weighted by molar-refractivity contribution is 6.04. The maximum atomic E-state index is 12.8. The van der Waals surface area contributed by atoms with E-state index in [-0.39, 0.29) is 11.5 Å². The van der Waals surface area contributed by atoms with Gasteiger partial charge in [-0.05, 0) is 63.1 Å². The number of hydrogen-bond donors (Lipinski definition) is 1. The first-order valence-electron chi connectivity index (χ1n) is 9.62. The first kappa shape index (κ1) is 19.3. The van der Waals surface area contributed by atoms with Crippen LogP contribution in [0.4, 0.5) is 5.82 Å². The fourth-order valence-corrected chi connectivity index (χ4v) is 3.63. The zero-order valence-electron chi connectivity index (χ0n) is 17.3. The van der Waals surface area contributed by atoms with E-state index >= 15 is 0 Å². The van der Waals surface area contributed by atoms with Crippen molar-refractivity contribution in [3.63, 3.8) is 0 Å². The third kappa shape index (κ3) is 3.42. The van der Waals surface area contributed by atoms with Crippen molar-refractivity contribution in [3.05, 3.63) is 82.0 Å². The maximum absolute atomic E-state index is 12.8. The van der Waals surface area contributed by atoms with Gasteiger partial charge in [0.15, 0.2) is 11.6 Å². The van der Waals surface area contributed by atoms with E-state index in [9.17, 15) is 10.1 Å². The van der Waals surface area contributed by atoms with Crippen LogP contribution in [0.5, 0.6) is 0 Å². The van der Waals surface area contributed by atoms with Crippen molar-refractivity contribution in [2.45, 2.75) is 27.7 Å². The molecule has 0 saturated heterocycles. The van der Waals surface area contributed by atoms with Crippen LogP contribution in [0, 0.1) is 39.0 Å². The zero-order valence-corrected chi connectivity index (χ0v) is 17.3. The number of nitrogens with zero attached hydrogens (tertiary/aromatic N) is 4. The first-order chi connectivity index (χ1) is 14.4. The average molecular weight is 395 g/mol. The summed E-state index contributed by atoms with van der Waals surface area (Å²) in [7, 11) is 0. The Morgan fingerprint density at radius 2 is 1.83 bits per heavy atom. The molecule has 4 rings (SSSR count). The van der Waals surface area contributed by atoms with Gasteiger partial charge in [0.05, 0.1) is 11.7 Å². The second-order valence-corrected chi connectivity index (χ2v) is 7.53. The van der Waals surface area contributed by atoms with Crippen LogP contribution in [0.25, 0.3) is 16.7 Å². The highest BCUT2D eigenvalue weighted by Crippen LogP contribution is 2.26. The summed E-state index contributed by atoms with van der Waals surface area (Å²) in [6, 6.07) is 15.5. The molecule has 0 bridgehead atoms. The molecular weight excluding hydrogens is 374 g/mol. The van der Waals surface area contributed by atoms with Gasteiger partial charge in [0.2, 0.25) is 0 Å². The van der Waals surface area contributed by atoms with Crippen molar-refractivity contribution < 1.29 is 4.79 Å². The van der Waals surface area contributed by atoms with Crippen LogP contribution in [-0.2, 0) is 0 Å². The Kier molecular flexibility index (Phi) is 4.80. The number of nitrogens with one attached hydrogen (secondary N) is 1. The summed E-state index contributed by atoms with van der Waals surface area (Å²) in [6.07, 6.45) is 1.44. The molecule has 0 aliphatic heterocycles. The molecule has 30 heavy (non-hydrogen) atoms. The second-order valence-electron chi connectivity index (χ2n) is 7.53. The number of aryl methyl sites for hydroxylation is 4. The lowest BCUT2D eigenvalue weighted by atomic mass is 10.0. The summed E-state index contributed by atoms with van der Waals surface area (Å²) in [6.45, 7) is 8.03. The summed E-state index contributed by atoms with van der Waals surface area (Å²) in [4.78, 5) is 17.6. The van der Waals surface area contributed by atoms with Crippen molar-refractivity contribution in [2.75, 3.05) is 5.32 Å². The molecule has 0 saturated carbocycles. The molecule has 0 aliphatic carbocycles. The van der Waals surface area contributed by atoms with Gasteiger partial charge in [-0.2, -0.15) is 15.0 Å². The van der Waals surface area contributed by atoms with E-state index in [4.69, 9.17) is 4.98 Å². The number of pyridine rings is 1. The lowest BCUT2D eigenvalue weighted by Crippen LogP contribution is -2.16. The van der Waals surface area contributed by atoms with Gasteiger partial charge >= 0.3 is 0 Å². The molecule has 0 radical (unpaired) electrons. The average Bonchev–Trinajstić information content (AvgIpc) is 3.11. The largest absolute Gasteiger partial charge is 0.305 e. The standard InChI is InChI=1S/C24H21N5O/c1-14-6-5-7-18(9-14)24(30)28-23-19(12-25)13-26-29(23)21-11-16(3)20-10-15(2)8-17(4)22(20)27-21/h5-11,13H,1-4H3,(H,28,30). The Labute approximate surface area is 174 Å². The lowest BCUT2D eigenvalue weighted by molar-refractivity contribution is 0.102. The van der Waals surface area contributed by atoms with Crippen LogP contribution in [0.2, 0.25) is 0 Å².